The second-order valence-electron chi connectivity index (χ2n) is 2.75. The van der Waals surface area contributed by atoms with E-state index in [1.807, 2.05) is 37.3 Å². The van der Waals surface area contributed by atoms with Crippen LogP contribution in [0.3, 0.4) is 0 Å². The Hall–Kier alpha value is -0.150. The van der Waals surface area contributed by atoms with Gasteiger partial charge in [0.1, 0.15) is 3.23 Å². The number of benzene rings is 1. The predicted molar refractivity (Wildman–Crippen MR) is 61.6 cm³/mol. The summed E-state index contributed by atoms with van der Waals surface area (Å²) in [6.07, 6.45) is 0.709. The van der Waals surface area contributed by atoms with Gasteiger partial charge in [0.15, 0.2) is 5.78 Å². The first-order valence-corrected chi connectivity index (χ1v) is 5.64. The number of alkyl halides is 2. The number of carbonyl (C=O) groups is 1. The van der Waals surface area contributed by atoms with Crippen LogP contribution in [0.4, 0.5) is 0 Å². The van der Waals surface area contributed by atoms with Gasteiger partial charge in [0, 0.05) is 5.56 Å². The fourth-order valence-electron chi connectivity index (χ4n) is 0.961. The van der Waals surface area contributed by atoms with Gasteiger partial charge in [0.25, 0.3) is 0 Å². The lowest BCUT2D eigenvalue weighted by atomic mass is 10.1. The van der Waals surface area contributed by atoms with E-state index in [0.29, 0.717) is 6.42 Å². The van der Waals surface area contributed by atoms with Crippen molar-refractivity contribution < 1.29 is 4.79 Å². The van der Waals surface area contributed by atoms with Gasteiger partial charge in [0.2, 0.25) is 0 Å². The van der Waals surface area contributed by atoms with Crippen LogP contribution in [-0.2, 0) is 0 Å². The fraction of sp³-hybridized carbons (Fsp3) is 0.300. The van der Waals surface area contributed by atoms with Gasteiger partial charge in [-0.1, -0.05) is 69.1 Å². The zero-order valence-corrected chi connectivity index (χ0v) is 10.4. The highest BCUT2D eigenvalue weighted by Crippen LogP contribution is 2.33. The van der Waals surface area contributed by atoms with Crippen molar-refractivity contribution in [3.8, 4) is 0 Å². The third-order valence-corrected chi connectivity index (χ3v) is 3.65. The smallest absolute Gasteiger partial charge is 0.190 e. The van der Waals surface area contributed by atoms with Crippen molar-refractivity contribution in [2.75, 3.05) is 0 Å². The molecule has 0 heterocycles. The lowest BCUT2D eigenvalue weighted by molar-refractivity contribution is 0.0981. The van der Waals surface area contributed by atoms with Gasteiger partial charge in [0.05, 0.1) is 0 Å². The standard InChI is InChI=1S/C10H10Br2O/c1-2-10(11,12)9(13)8-6-4-3-5-7-8/h3-7H,2H2,1H3. The fourth-order valence-corrected chi connectivity index (χ4v) is 1.42. The number of ketones is 1. The molecule has 1 rings (SSSR count). The summed E-state index contributed by atoms with van der Waals surface area (Å²) in [5, 5.41) is 0. The molecule has 0 aliphatic heterocycles. The van der Waals surface area contributed by atoms with Gasteiger partial charge >= 0.3 is 0 Å². The highest BCUT2D eigenvalue weighted by Gasteiger charge is 2.30. The summed E-state index contributed by atoms with van der Waals surface area (Å²) in [4.78, 5) is 11.8. The number of hydrogen-bond acceptors (Lipinski definition) is 1. The van der Waals surface area contributed by atoms with Crippen LogP contribution in [0.25, 0.3) is 0 Å². The van der Waals surface area contributed by atoms with Crippen LogP contribution in [0.5, 0.6) is 0 Å². The lowest BCUT2D eigenvalue weighted by Gasteiger charge is -2.16. The summed E-state index contributed by atoms with van der Waals surface area (Å²) in [5.41, 5.74) is 0.720. The van der Waals surface area contributed by atoms with E-state index in [1.54, 1.807) is 0 Å². The highest BCUT2D eigenvalue weighted by atomic mass is 79.9. The summed E-state index contributed by atoms with van der Waals surface area (Å²) >= 11 is 6.70. The minimum Gasteiger partial charge on any atom is -0.292 e. The number of hydrogen-bond donors (Lipinski definition) is 0. The van der Waals surface area contributed by atoms with E-state index >= 15 is 0 Å². The molecule has 0 bridgehead atoms. The molecule has 1 nitrogen and oxygen atoms in total. The quantitative estimate of drug-likeness (QED) is 0.614. The molecule has 1 aromatic carbocycles. The summed E-state index contributed by atoms with van der Waals surface area (Å²) in [6.45, 7) is 1.95. The SMILES string of the molecule is CCC(Br)(Br)C(=O)c1ccccc1. The maximum Gasteiger partial charge on any atom is 0.190 e. The second kappa shape index (κ2) is 4.38. The number of carbonyl (C=O) groups excluding carboxylic acids is 1. The van der Waals surface area contributed by atoms with Gasteiger partial charge in [-0.25, -0.2) is 0 Å². The first kappa shape index (κ1) is 10.9. The molecule has 13 heavy (non-hydrogen) atoms. The molecule has 0 fully saturated rings. The number of rotatable bonds is 3. The van der Waals surface area contributed by atoms with Crippen molar-refractivity contribution in [1.82, 2.24) is 0 Å². The van der Waals surface area contributed by atoms with Crippen LogP contribution in [0, 0.1) is 0 Å². The minimum absolute atomic E-state index is 0.0654. The number of halogens is 2. The van der Waals surface area contributed by atoms with Gasteiger partial charge in [-0.05, 0) is 6.42 Å². The van der Waals surface area contributed by atoms with Crippen LogP contribution >= 0.6 is 31.9 Å². The van der Waals surface area contributed by atoms with E-state index in [4.69, 9.17) is 0 Å². The zero-order chi connectivity index (χ0) is 9.90. The van der Waals surface area contributed by atoms with Gasteiger partial charge in [-0.2, -0.15) is 0 Å². The van der Waals surface area contributed by atoms with E-state index in [0.717, 1.165) is 5.56 Å². The van der Waals surface area contributed by atoms with E-state index in [-0.39, 0.29) is 5.78 Å². The van der Waals surface area contributed by atoms with Crippen LogP contribution in [0.2, 0.25) is 0 Å². The molecule has 0 atom stereocenters. The Morgan fingerprint density at radius 2 is 1.85 bits per heavy atom. The molecule has 3 heteroatoms. The van der Waals surface area contributed by atoms with Crippen LogP contribution in [0.15, 0.2) is 30.3 Å². The molecule has 0 spiro atoms. The Balaban J connectivity index is 2.93. The molecule has 0 aliphatic carbocycles. The topological polar surface area (TPSA) is 17.1 Å². The van der Waals surface area contributed by atoms with E-state index in [1.165, 1.54) is 0 Å². The van der Waals surface area contributed by atoms with E-state index < -0.39 is 3.23 Å². The largest absolute Gasteiger partial charge is 0.292 e. The summed E-state index contributed by atoms with van der Waals surface area (Å²) in [7, 11) is 0. The maximum absolute atomic E-state index is 11.8. The molecule has 0 saturated carbocycles. The molecule has 0 aliphatic rings. The van der Waals surface area contributed by atoms with Gasteiger partial charge < -0.3 is 0 Å². The van der Waals surface area contributed by atoms with Crippen molar-refractivity contribution in [2.45, 2.75) is 16.6 Å². The third-order valence-electron chi connectivity index (χ3n) is 1.81. The van der Waals surface area contributed by atoms with Gasteiger partial charge in [-0.3, -0.25) is 4.79 Å². The molecule has 0 amide bonds. The average Bonchev–Trinajstić information content (AvgIpc) is 2.18. The van der Waals surface area contributed by atoms with Crippen molar-refractivity contribution in [3.63, 3.8) is 0 Å². The van der Waals surface area contributed by atoms with Crippen molar-refractivity contribution in [3.05, 3.63) is 35.9 Å². The second-order valence-corrected chi connectivity index (χ2v) is 6.52. The van der Waals surface area contributed by atoms with Crippen molar-refractivity contribution in [1.29, 1.82) is 0 Å². The maximum atomic E-state index is 11.8. The Kier molecular flexibility index (Phi) is 3.68. The van der Waals surface area contributed by atoms with Crippen LogP contribution in [-0.4, -0.2) is 9.02 Å². The molecular formula is C10H10Br2O. The Bertz CT molecular complexity index is 293. The molecule has 0 aromatic heterocycles. The summed E-state index contributed by atoms with van der Waals surface area (Å²) in [5.74, 6) is 0.0654. The minimum atomic E-state index is -0.610. The predicted octanol–water partition coefficient (Wildman–Crippen LogP) is 3.77. The zero-order valence-electron chi connectivity index (χ0n) is 7.26. The molecule has 1 aromatic rings. The normalized spacial score (nSPS) is 11.3. The van der Waals surface area contributed by atoms with Crippen LogP contribution < -0.4 is 0 Å². The summed E-state index contributed by atoms with van der Waals surface area (Å²) < 4.78 is -0.610. The average molecular weight is 306 g/mol. The lowest BCUT2D eigenvalue weighted by Crippen LogP contribution is -2.23. The summed E-state index contributed by atoms with van der Waals surface area (Å²) in [6, 6.07) is 9.25. The Morgan fingerprint density at radius 1 is 1.31 bits per heavy atom. The van der Waals surface area contributed by atoms with E-state index in [9.17, 15) is 4.79 Å². The van der Waals surface area contributed by atoms with Crippen LogP contribution in [0.1, 0.15) is 23.7 Å². The molecule has 0 N–H and O–H groups in total. The molecular weight excluding hydrogens is 296 g/mol. The Morgan fingerprint density at radius 3 is 2.31 bits per heavy atom. The van der Waals surface area contributed by atoms with Gasteiger partial charge in [-0.15, -0.1) is 0 Å². The Labute approximate surface area is 94.8 Å². The monoisotopic (exact) mass is 304 g/mol. The van der Waals surface area contributed by atoms with Crippen molar-refractivity contribution >= 4 is 37.6 Å². The molecule has 0 saturated heterocycles. The first-order valence-electron chi connectivity index (χ1n) is 4.05. The number of Topliss-reactive ketones (excluding diaryl/α,β-unsaturated/α-hetero) is 1. The molecule has 70 valence electrons. The van der Waals surface area contributed by atoms with E-state index in [2.05, 4.69) is 31.9 Å². The molecule has 0 radical (unpaired) electrons. The first-order chi connectivity index (χ1) is 6.08. The highest BCUT2D eigenvalue weighted by molar-refractivity contribution is 9.25. The van der Waals surface area contributed by atoms with Crippen molar-refractivity contribution in [2.24, 2.45) is 0 Å². The third kappa shape index (κ3) is 2.64. The molecule has 0 unspecified atom stereocenters.